The van der Waals surface area contributed by atoms with E-state index in [1.54, 1.807) is 6.07 Å². The van der Waals surface area contributed by atoms with E-state index in [2.05, 4.69) is 10.6 Å². The zero-order valence-electron chi connectivity index (χ0n) is 13.5. The van der Waals surface area contributed by atoms with E-state index in [-0.39, 0.29) is 12.5 Å². The third-order valence-corrected chi connectivity index (χ3v) is 4.15. The minimum atomic E-state index is -1.82. The van der Waals surface area contributed by atoms with Gasteiger partial charge >= 0.3 is 18.9 Å². The molecule has 2 atom stereocenters. The van der Waals surface area contributed by atoms with Crippen LogP contribution in [-0.4, -0.2) is 54.2 Å². The van der Waals surface area contributed by atoms with Gasteiger partial charge in [-0.1, -0.05) is 18.2 Å². The maximum atomic E-state index is 12.0. The van der Waals surface area contributed by atoms with Crippen molar-refractivity contribution in [1.82, 2.24) is 10.6 Å². The van der Waals surface area contributed by atoms with Gasteiger partial charge in [0.2, 0.25) is 0 Å². The molecule has 1 aliphatic rings. The standard InChI is InChI=1S/C16H19BN2O6/c20-15(18-11-5-6-24-9-11)16(21)19-14(17(22)23)7-10-8-25-13-4-2-1-3-12(10)13/h1-4,8,11,14,22-23H,5-7,9H2,(H,18,20)(H,19,21)/t11-,14?/m0/s1. The number of ether oxygens (including phenoxy) is 1. The fraction of sp³-hybridized carbons (Fsp3) is 0.375. The molecule has 1 saturated heterocycles. The summed E-state index contributed by atoms with van der Waals surface area (Å²) in [6.45, 7) is 0.907. The molecular formula is C16H19BN2O6. The molecule has 132 valence electrons. The van der Waals surface area contributed by atoms with E-state index in [1.165, 1.54) is 6.26 Å². The van der Waals surface area contributed by atoms with Crippen LogP contribution < -0.4 is 10.6 Å². The minimum Gasteiger partial charge on any atom is -0.464 e. The van der Waals surface area contributed by atoms with Gasteiger partial charge in [-0.15, -0.1) is 0 Å². The van der Waals surface area contributed by atoms with Gasteiger partial charge in [0.1, 0.15) is 5.58 Å². The van der Waals surface area contributed by atoms with Crippen LogP contribution in [0.25, 0.3) is 11.0 Å². The Kier molecular flexibility index (Phi) is 5.37. The van der Waals surface area contributed by atoms with Crippen molar-refractivity contribution < 1.29 is 28.8 Å². The highest BCUT2D eigenvalue weighted by atomic mass is 16.5. The van der Waals surface area contributed by atoms with E-state index in [9.17, 15) is 19.6 Å². The molecule has 1 fully saturated rings. The van der Waals surface area contributed by atoms with Crippen LogP contribution in [0.5, 0.6) is 0 Å². The zero-order valence-corrected chi connectivity index (χ0v) is 13.5. The molecule has 2 aromatic rings. The van der Waals surface area contributed by atoms with Gasteiger partial charge in [-0.2, -0.15) is 0 Å². The van der Waals surface area contributed by atoms with Gasteiger partial charge < -0.3 is 29.8 Å². The van der Waals surface area contributed by atoms with E-state index < -0.39 is 24.9 Å². The third kappa shape index (κ3) is 4.19. The summed E-state index contributed by atoms with van der Waals surface area (Å²) < 4.78 is 10.5. The Morgan fingerprint density at radius 2 is 2.08 bits per heavy atom. The number of fused-ring (bicyclic) bond motifs is 1. The fourth-order valence-electron chi connectivity index (χ4n) is 2.79. The largest absolute Gasteiger partial charge is 0.475 e. The Morgan fingerprint density at radius 1 is 1.28 bits per heavy atom. The van der Waals surface area contributed by atoms with E-state index in [0.717, 1.165) is 5.39 Å². The molecule has 0 saturated carbocycles. The van der Waals surface area contributed by atoms with Gasteiger partial charge in [-0.3, -0.25) is 9.59 Å². The molecule has 25 heavy (non-hydrogen) atoms. The summed E-state index contributed by atoms with van der Waals surface area (Å²) in [7, 11) is -1.82. The van der Waals surface area contributed by atoms with Gasteiger partial charge in [-0.25, -0.2) is 0 Å². The van der Waals surface area contributed by atoms with Gasteiger partial charge in [0.15, 0.2) is 0 Å². The molecule has 0 spiro atoms. The first kappa shape index (κ1) is 17.5. The van der Waals surface area contributed by atoms with Gasteiger partial charge in [-0.05, 0) is 24.5 Å². The summed E-state index contributed by atoms with van der Waals surface area (Å²) in [5.74, 6) is -2.78. The second-order valence-corrected chi connectivity index (χ2v) is 5.99. The summed E-state index contributed by atoms with van der Waals surface area (Å²) in [6.07, 6.45) is 2.26. The molecule has 2 heterocycles. The summed E-state index contributed by atoms with van der Waals surface area (Å²) in [4.78, 5) is 23.9. The van der Waals surface area contributed by atoms with Crippen LogP contribution >= 0.6 is 0 Å². The molecule has 1 unspecified atom stereocenters. The van der Waals surface area contributed by atoms with E-state index in [4.69, 9.17) is 9.15 Å². The lowest BCUT2D eigenvalue weighted by Crippen LogP contribution is -2.53. The van der Waals surface area contributed by atoms with Crippen LogP contribution in [-0.2, 0) is 20.7 Å². The number of furan rings is 1. The normalized spacial score (nSPS) is 18.1. The Labute approximate surface area is 144 Å². The maximum Gasteiger partial charge on any atom is 0.475 e. The van der Waals surface area contributed by atoms with Gasteiger partial charge in [0.05, 0.1) is 24.9 Å². The van der Waals surface area contributed by atoms with Gasteiger partial charge in [0.25, 0.3) is 0 Å². The first-order valence-electron chi connectivity index (χ1n) is 8.05. The van der Waals surface area contributed by atoms with Crippen molar-refractivity contribution in [3.63, 3.8) is 0 Å². The minimum absolute atomic E-state index is 0.111. The lowest BCUT2D eigenvalue weighted by molar-refractivity contribution is -0.139. The number of carbonyl (C=O) groups is 2. The highest BCUT2D eigenvalue weighted by Crippen LogP contribution is 2.22. The first-order valence-corrected chi connectivity index (χ1v) is 8.05. The highest BCUT2D eigenvalue weighted by molar-refractivity contribution is 6.45. The average molecular weight is 346 g/mol. The van der Waals surface area contributed by atoms with Gasteiger partial charge in [0, 0.05) is 12.0 Å². The van der Waals surface area contributed by atoms with Crippen LogP contribution in [0, 0.1) is 0 Å². The molecule has 0 radical (unpaired) electrons. The lowest BCUT2D eigenvalue weighted by atomic mass is 9.76. The summed E-state index contributed by atoms with van der Waals surface area (Å²) in [5, 5.41) is 24.8. The smallest absolute Gasteiger partial charge is 0.464 e. The number of amides is 2. The first-order chi connectivity index (χ1) is 12.0. The fourth-order valence-corrected chi connectivity index (χ4v) is 2.79. The molecule has 2 amide bonds. The summed E-state index contributed by atoms with van der Waals surface area (Å²) >= 11 is 0. The molecule has 1 aromatic heterocycles. The molecule has 9 heteroatoms. The van der Waals surface area contributed by atoms with Crippen molar-refractivity contribution >= 4 is 29.9 Å². The molecule has 1 aromatic carbocycles. The number of rotatable bonds is 5. The third-order valence-electron chi connectivity index (χ3n) is 4.15. The quantitative estimate of drug-likeness (QED) is 0.423. The molecular weight excluding hydrogens is 327 g/mol. The van der Waals surface area contributed by atoms with Crippen LogP contribution in [0.2, 0.25) is 0 Å². The van der Waals surface area contributed by atoms with Crippen molar-refractivity contribution in [3.05, 3.63) is 36.1 Å². The van der Waals surface area contributed by atoms with E-state index in [1.807, 2.05) is 18.2 Å². The van der Waals surface area contributed by atoms with Crippen LogP contribution in [0.3, 0.4) is 0 Å². The lowest BCUT2D eigenvalue weighted by Gasteiger charge is -2.18. The van der Waals surface area contributed by atoms with E-state index in [0.29, 0.717) is 30.8 Å². The summed E-state index contributed by atoms with van der Waals surface area (Å²) in [5.41, 5.74) is 1.37. The number of benzene rings is 1. The Morgan fingerprint density at radius 3 is 2.80 bits per heavy atom. The zero-order chi connectivity index (χ0) is 17.8. The second kappa shape index (κ2) is 7.69. The molecule has 3 rings (SSSR count). The predicted octanol–water partition coefficient (Wildman–Crippen LogP) is -0.623. The SMILES string of the molecule is O=C(NC(Cc1coc2ccccc12)B(O)O)C(=O)N[C@H]1CCOC1. The monoisotopic (exact) mass is 346 g/mol. The number of nitrogens with one attached hydrogen (secondary N) is 2. The van der Waals surface area contributed by atoms with Crippen molar-refractivity contribution in [1.29, 1.82) is 0 Å². The maximum absolute atomic E-state index is 12.0. The van der Waals surface area contributed by atoms with Crippen molar-refractivity contribution in [2.75, 3.05) is 13.2 Å². The Hall–Kier alpha value is -2.36. The number of hydrogen-bond acceptors (Lipinski definition) is 6. The van der Waals surface area contributed by atoms with Crippen molar-refractivity contribution in [2.24, 2.45) is 0 Å². The van der Waals surface area contributed by atoms with Crippen LogP contribution in [0.1, 0.15) is 12.0 Å². The molecule has 4 N–H and O–H groups in total. The highest BCUT2D eigenvalue weighted by Gasteiger charge is 2.30. The topological polar surface area (TPSA) is 121 Å². The van der Waals surface area contributed by atoms with Crippen molar-refractivity contribution in [2.45, 2.75) is 24.8 Å². The average Bonchev–Trinajstić information content (AvgIpc) is 3.24. The molecule has 8 nitrogen and oxygen atoms in total. The molecule has 0 bridgehead atoms. The number of carbonyl (C=O) groups excluding carboxylic acids is 2. The molecule has 0 aliphatic carbocycles. The van der Waals surface area contributed by atoms with Crippen LogP contribution in [0.15, 0.2) is 34.9 Å². The number of hydrogen-bond donors (Lipinski definition) is 4. The Bertz CT molecular complexity index is 756. The van der Waals surface area contributed by atoms with Crippen LogP contribution in [0.4, 0.5) is 0 Å². The summed E-state index contributed by atoms with van der Waals surface area (Å²) in [6, 6.07) is 7.09. The van der Waals surface area contributed by atoms with Crippen molar-refractivity contribution in [3.8, 4) is 0 Å². The molecule has 1 aliphatic heterocycles. The van der Waals surface area contributed by atoms with E-state index >= 15 is 0 Å². The number of para-hydroxylation sites is 1. The Balaban J connectivity index is 1.64. The predicted molar refractivity (Wildman–Crippen MR) is 89.4 cm³/mol. The second-order valence-electron chi connectivity index (χ2n) is 5.99.